The van der Waals surface area contributed by atoms with Gasteiger partial charge in [0.15, 0.2) is 0 Å². The first kappa shape index (κ1) is 17.1. The van der Waals surface area contributed by atoms with Gasteiger partial charge in [-0.2, -0.15) is 0 Å². The van der Waals surface area contributed by atoms with E-state index in [0.29, 0.717) is 27.9 Å². The van der Waals surface area contributed by atoms with Crippen LogP contribution in [-0.2, 0) is 16.0 Å². The second-order valence-corrected chi connectivity index (χ2v) is 6.53. The smallest absolute Gasteiger partial charge is 0.326 e. The van der Waals surface area contributed by atoms with Crippen molar-refractivity contribution in [3.63, 3.8) is 0 Å². The van der Waals surface area contributed by atoms with Gasteiger partial charge in [0.25, 0.3) is 0 Å². The van der Waals surface area contributed by atoms with Gasteiger partial charge in [0.05, 0.1) is 0 Å². The largest absolute Gasteiger partial charge is 0.480 e. The molecule has 1 aliphatic rings. The number of hydrogen-bond acceptors (Lipinski definition) is 2. The summed E-state index contributed by atoms with van der Waals surface area (Å²) in [5.41, 5.74) is 0.541. The van der Waals surface area contributed by atoms with E-state index in [1.807, 2.05) is 0 Å². The summed E-state index contributed by atoms with van der Waals surface area (Å²) in [6.45, 7) is 0. The van der Waals surface area contributed by atoms with Crippen LogP contribution in [0.15, 0.2) is 18.2 Å². The molecule has 1 atom stereocenters. The summed E-state index contributed by atoms with van der Waals surface area (Å²) < 4.78 is 0. The van der Waals surface area contributed by atoms with Gasteiger partial charge in [0, 0.05) is 22.9 Å². The van der Waals surface area contributed by atoms with Crippen molar-refractivity contribution in [2.45, 2.75) is 44.6 Å². The zero-order chi connectivity index (χ0) is 16.1. The van der Waals surface area contributed by atoms with Crippen molar-refractivity contribution in [1.29, 1.82) is 0 Å². The monoisotopic (exact) mass is 343 g/mol. The molecule has 1 aromatic rings. The van der Waals surface area contributed by atoms with Gasteiger partial charge in [-0.15, -0.1) is 0 Å². The van der Waals surface area contributed by atoms with Crippen molar-refractivity contribution in [3.8, 4) is 0 Å². The molecule has 1 aromatic carbocycles. The minimum Gasteiger partial charge on any atom is -0.480 e. The fourth-order valence-corrected chi connectivity index (χ4v) is 3.41. The number of carboxylic acids is 1. The molecule has 22 heavy (non-hydrogen) atoms. The van der Waals surface area contributed by atoms with Crippen molar-refractivity contribution < 1.29 is 14.7 Å². The van der Waals surface area contributed by atoms with E-state index in [-0.39, 0.29) is 12.3 Å². The van der Waals surface area contributed by atoms with Gasteiger partial charge in [-0.3, -0.25) is 4.79 Å². The highest BCUT2D eigenvalue weighted by Gasteiger charge is 2.25. The first-order valence-corrected chi connectivity index (χ1v) is 8.18. The van der Waals surface area contributed by atoms with E-state index in [1.165, 1.54) is 0 Å². The minimum absolute atomic E-state index is 0.0737. The van der Waals surface area contributed by atoms with Crippen molar-refractivity contribution in [2.75, 3.05) is 0 Å². The summed E-state index contributed by atoms with van der Waals surface area (Å²) in [5.74, 6) is -0.934. The van der Waals surface area contributed by atoms with Crippen LogP contribution in [0, 0.1) is 5.92 Å². The lowest BCUT2D eigenvalue weighted by atomic mass is 10.0. The predicted molar refractivity (Wildman–Crippen MR) is 86.3 cm³/mol. The molecule has 6 heteroatoms. The maximum absolute atomic E-state index is 12.0. The van der Waals surface area contributed by atoms with Crippen LogP contribution in [0.25, 0.3) is 0 Å². The molecule has 2 rings (SSSR count). The molecule has 1 aliphatic carbocycles. The number of aliphatic carboxylic acids is 1. The number of hydrogen-bond donors (Lipinski definition) is 2. The standard InChI is InChI=1S/C16H19Cl2NO3/c17-12-6-3-7-13(18)11(12)9-14(16(21)22)19-15(20)8-10-4-1-2-5-10/h3,6-7,10,14H,1-2,4-5,8-9H2,(H,19,20)(H,21,22)/t14-/m1/s1. The second-order valence-electron chi connectivity index (χ2n) is 5.72. The van der Waals surface area contributed by atoms with Crippen molar-refractivity contribution in [2.24, 2.45) is 5.92 Å². The summed E-state index contributed by atoms with van der Waals surface area (Å²) in [4.78, 5) is 23.4. The molecule has 0 aliphatic heterocycles. The fraction of sp³-hybridized carbons (Fsp3) is 0.500. The first-order chi connectivity index (χ1) is 10.5. The van der Waals surface area contributed by atoms with Crippen LogP contribution >= 0.6 is 23.2 Å². The number of carbonyl (C=O) groups is 2. The first-order valence-electron chi connectivity index (χ1n) is 7.42. The molecule has 1 saturated carbocycles. The Morgan fingerprint density at radius 3 is 2.36 bits per heavy atom. The number of benzene rings is 1. The van der Waals surface area contributed by atoms with E-state index in [2.05, 4.69) is 5.32 Å². The van der Waals surface area contributed by atoms with Gasteiger partial charge in [0.2, 0.25) is 5.91 Å². The molecule has 0 heterocycles. The summed E-state index contributed by atoms with van der Waals surface area (Å²) >= 11 is 12.1. The molecule has 120 valence electrons. The molecule has 0 aromatic heterocycles. The Morgan fingerprint density at radius 1 is 1.23 bits per heavy atom. The second kappa shape index (κ2) is 7.84. The van der Waals surface area contributed by atoms with E-state index in [1.54, 1.807) is 18.2 Å². The lowest BCUT2D eigenvalue weighted by Gasteiger charge is -2.17. The molecular formula is C16H19Cl2NO3. The van der Waals surface area contributed by atoms with Crippen molar-refractivity contribution in [1.82, 2.24) is 5.32 Å². The third-order valence-corrected chi connectivity index (χ3v) is 4.76. The van der Waals surface area contributed by atoms with E-state index >= 15 is 0 Å². The normalized spacial score (nSPS) is 16.5. The summed E-state index contributed by atoms with van der Waals surface area (Å²) in [5, 5.41) is 12.7. The van der Waals surface area contributed by atoms with E-state index in [4.69, 9.17) is 23.2 Å². The van der Waals surface area contributed by atoms with Gasteiger partial charge >= 0.3 is 5.97 Å². The highest BCUT2D eigenvalue weighted by atomic mass is 35.5. The molecule has 2 N–H and O–H groups in total. The lowest BCUT2D eigenvalue weighted by molar-refractivity contribution is -0.141. The topological polar surface area (TPSA) is 66.4 Å². The predicted octanol–water partition coefficient (Wildman–Crippen LogP) is 3.69. The zero-order valence-electron chi connectivity index (χ0n) is 12.1. The van der Waals surface area contributed by atoms with Gasteiger partial charge in [-0.1, -0.05) is 42.1 Å². The minimum atomic E-state index is -1.09. The summed E-state index contributed by atoms with van der Waals surface area (Å²) in [6.07, 6.45) is 4.85. The SMILES string of the molecule is O=C(CC1CCCC1)N[C@H](Cc1c(Cl)cccc1Cl)C(=O)O. The van der Waals surface area contributed by atoms with Crippen molar-refractivity contribution >= 4 is 35.1 Å². The summed E-state index contributed by atoms with van der Waals surface area (Å²) in [6, 6.07) is 3.98. The molecule has 1 fully saturated rings. The molecule has 0 spiro atoms. The molecule has 4 nitrogen and oxygen atoms in total. The van der Waals surface area contributed by atoms with Gasteiger partial charge in [-0.05, 0) is 36.5 Å². The number of amides is 1. The third kappa shape index (κ3) is 4.62. The number of carboxylic acid groups (broad SMARTS) is 1. The number of nitrogens with one attached hydrogen (secondary N) is 1. The molecule has 1 amide bonds. The number of rotatable bonds is 6. The Labute approximate surface area is 139 Å². The molecular weight excluding hydrogens is 325 g/mol. The zero-order valence-corrected chi connectivity index (χ0v) is 13.7. The molecule has 0 saturated heterocycles. The Balaban J connectivity index is 2.00. The Hall–Kier alpha value is -1.26. The van der Waals surface area contributed by atoms with Crippen LogP contribution in [-0.4, -0.2) is 23.0 Å². The van der Waals surface area contributed by atoms with Crippen LogP contribution in [0.5, 0.6) is 0 Å². The maximum Gasteiger partial charge on any atom is 0.326 e. The Kier molecular flexibility index (Phi) is 6.09. The number of halogens is 2. The van der Waals surface area contributed by atoms with Crippen LogP contribution in [0.2, 0.25) is 10.0 Å². The van der Waals surface area contributed by atoms with Gasteiger partial charge < -0.3 is 10.4 Å². The van der Waals surface area contributed by atoms with E-state index in [9.17, 15) is 14.7 Å². The Bertz CT molecular complexity index is 536. The molecule has 0 unspecified atom stereocenters. The average molecular weight is 344 g/mol. The van der Waals surface area contributed by atoms with Crippen LogP contribution < -0.4 is 5.32 Å². The van der Waals surface area contributed by atoms with E-state index < -0.39 is 12.0 Å². The van der Waals surface area contributed by atoms with E-state index in [0.717, 1.165) is 25.7 Å². The Morgan fingerprint density at radius 2 is 1.82 bits per heavy atom. The molecule has 0 radical (unpaired) electrons. The highest BCUT2D eigenvalue weighted by molar-refractivity contribution is 6.36. The highest BCUT2D eigenvalue weighted by Crippen LogP contribution is 2.28. The summed E-state index contributed by atoms with van der Waals surface area (Å²) in [7, 11) is 0. The van der Waals surface area contributed by atoms with Gasteiger partial charge in [-0.25, -0.2) is 4.79 Å². The van der Waals surface area contributed by atoms with Crippen LogP contribution in [0.3, 0.4) is 0 Å². The van der Waals surface area contributed by atoms with Gasteiger partial charge in [0.1, 0.15) is 6.04 Å². The fourth-order valence-electron chi connectivity index (χ4n) is 2.86. The third-order valence-electron chi connectivity index (χ3n) is 4.05. The average Bonchev–Trinajstić information content (AvgIpc) is 2.94. The number of carbonyl (C=O) groups excluding carboxylic acids is 1. The molecule has 0 bridgehead atoms. The van der Waals surface area contributed by atoms with Crippen LogP contribution in [0.4, 0.5) is 0 Å². The van der Waals surface area contributed by atoms with Crippen molar-refractivity contribution in [3.05, 3.63) is 33.8 Å². The van der Waals surface area contributed by atoms with Crippen LogP contribution in [0.1, 0.15) is 37.7 Å². The lowest BCUT2D eigenvalue weighted by Crippen LogP contribution is -2.42. The quantitative estimate of drug-likeness (QED) is 0.827. The maximum atomic E-state index is 12.0.